The molecule has 0 spiro atoms. The zero-order chi connectivity index (χ0) is 15.4. The molecule has 1 aliphatic carbocycles. The van der Waals surface area contributed by atoms with Gasteiger partial charge in [-0.05, 0) is 24.6 Å². The fraction of sp³-hybridized carbons (Fsp3) is 0.533. The number of nitrogens with two attached hydrogens (primary N) is 1. The lowest BCUT2D eigenvalue weighted by Crippen LogP contribution is -2.79. The zero-order valence-corrected chi connectivity index (χ0v) is 12.7. The summed E-state index contributed by atoms with van der Waals surface area (Å²) in [5, 5.41) is 2.72. The summed E-state index contributed by atoms with van der Waals surface area (Å²) in [7, 11) is 0. The van der Waals surface area contributed by atoms with Gasteiger partial charge in [-0.3, -0.25) is 4.79 Å². The number of amides is 1. The number of benzene rings is 1. The first-order chi connectivity index (χ1) is 9.78. The van der Waals surface area contributed by atoms with Crippen LogP contribution in [0.4, 0.5) is 10.1 Å². The molecule has 2 aliphatic rings. The fourth-order valence-corrected chi connectivity index (χ4v) is 3.77. The average molecular weight is 313 g/mol. The minimum atomic E-state index is -1.01. The number of carbonyl (C=O) groups excluding carboxylic acids is 1. The molecule has 3 rings (SSSR count). The highest BCUT2D eigenvalue weighted by atomic mass is 35.5. The molecule has 1 heterocycles. The number of hydrogen-bond donors (Lipinski definition) is 2. The van der Waals surface area contributed by atoms with Gasteiger partial charge in [0.05, 0.1) is 11.1 Å². The van der Waals surface area contributed by atoms with E-state index < -0.39 is 16.8 Å². The van der Waals surface area contributed by atoms with Crippen LogP contribution in [0.25, 0.3) is 0 Å². The number of fused-ring (bicyclic) bond motifs is 1. The third kappa shape index (κ3) is 1.91. The molecule has 21 heavy (non-hydrogen) atoms. The van der Waals surface area contributed by atoms with E-state index >= 15 is 0 Å². The number of ether oxygens (including phenoxy) is 1. The van der Waals surface area contributed by atoms with Crippen LogP contribution >= 0.6 is 11.6 Å². The van der Waals surface area contributed by atoms with E-state index in [0.717, 1.165) is 6.42 Å². The Morgan fingerprint density at radius 1 is 1.52 bits per heavy atom. The number of anilines is 1. The van der Waals surface area contributed by atoms with Crippen molar-refractivity contribution in [3.8, 4) is 0 Å². The second kappa shape index (κ2) is 4.66. The van der Waals surface area contributed by atoms with E-state index in [2.05, 4.69) is 5.32 Å². The summed E-state index contributed by atoms with van der Waals surface area (Å²) in [5.41, 5.74) is 5.30. The first-order valence-electron chi connectivity index (χ1n) is 6.95. The lowest BCUT2D eigenvalue weighted by Gasteiger charge is -2.60. The van der Waals surface area contributed by atoms with Crippen LogP contribution in [-0.2, 0) is 9.53 Å². The molecule has 1 amide bonds. The summed E-state index contributed by atoms with van der Waals surface area (Å²) in [6, 6.07) is 4.15. The average Bonchev–Trinajstić information content (AvgIpc) is 2.90. The molecule has 0 aromatic heterocycles. The number of hydrogen-bond acceptors (Lipinski definition) is 3. The Kier molecular flexibility index (Phi) is 3.28. The molecule has 3 atom stereocenters. The molecule has 6 heteroatoms. The third-order valence-corrected chi connectivity index (χ3v) is 5.31. The summed E-state index contributed by atoms with van der Waals surface area (Å²) in [4.78, 5) is 12.6. The quantitative estimate of drug-likeness (QED) is 0.882. The number of carbonyl (C=O) groups is 1. The molecule has 0 bridgehead atoms. The van der Waals surface area contributed by atoms with Crippen LogP contribution in [0, 0.1) is 17.2 Å². The van der Waals surface area contributed by atoms with Crippen molar-refractivity contribution in [3.05, 3.63) is 29.0 Å². The van der Waals surface area contributed by atoms with E-state index in [9.17, 15) is 9.18 Å². The molecule has 1 saturated heterocycles. The first-order valence-corrected chi connectivity index (χ1v) is 7.33. The Bertz CT molecular complexity index is 607. The Labute approximate surface area is 127 Å². The van der Waals surface area contributed by atoms with Gasteiger partial charge in [-0.15, -0.1) is 0 Å². The van der Waals surface area contributed by atoms with Gasteiger partial charge in [-0.25, -0.2) is 4.39 Å². The zero-order valence-electron chi connectivity index (χ0n) is 12.0. The molecular formula is C15H18ClFN2O2. The Hall–Kier alpha value is -1.17. The van der Waals surface area contributed by atoms with Crippen LogP contribution in [0.5, 0.6) is 0 Å². The van der Waals surface area contributed by atoms with Crippen molar-refractivity contribution in [1.29, 1.82) is 0 Å². The van der Waals surface area contributed by atoms with Gasteiger partial charge in [0.2, 0.25) is 5.91 Å². The molecule has 3 N–H and O–H groups in total. The van der Waals surface area contributed by atoms with Gasteiger partial charge in [0.25, 0.3) is 0 Å². The van der Waals surface area contributed by atoms with E-state index in [1.807, 2.05) is 13.8 Å². The van der Waals surface area contributed by atoms with Gasteiger partial charge in [0.1, 0.15) is 11.4 Å². The highest BCUT2D eigenvalue weighted by Gasteiger charge is 2.71. The number of nitrogens with one attached hydrogen (secondary N) is 1. The first kappa shape index (κ1) is 14.8. The van der Waals surface area contributed by atoms with E-state index in [1.54, 1.807) is 6.07 Å². The van der Waals surface area contributed by atoms with Crippen LogP contribution in [0.3, 0.4) is 0 Å². The van der Waals surface area contributed by atoms with Gasteiger partial charge in [0, 0.05) is 23.6 Å². The SMILES string of the molecule is CC1(C)C2OCCC2C1(N)C(=O)Nc1ccc(Cl)c(F)c1. The molecule has 4 nitrogen and oxygen atoms in total. The molecule has 1 aliphatic heterocycles. The van der Waals surface area contributed by atoms with Gasteiger partial charge in [-0.1, -0.05) is 25.4 Å². The van der Waals surface area contributed by atoms with Crippen molar-refractivity contribution in [2.24, 2.45) is 17.1 Å². The summed E-state index contributed by atoms with van der Waals surface area (Å²) >= 11 is 5.63. The van der Waals surface area contributed by atoms with Crippen LogP contribution in [0.15, 0.2) is 18.2 Å². The predicted octanol–water partition coefficient (Wildman–Crippen LogP) is 2.56. The lowest BCUT2D eigenvalue weighted by atomic mass is 9.48. The fourth-order valence-electron chi connectivity index (χ4n) is 3.65. The van der Waals surface area contributed by atoms with E-state index in [-0.39, 0.29) is 23.0 Å². The maximum Gasteiger partial charge on any atom is 0.245 e. The van der Waals surface area contributed by atoms with Crippen molar-refractivity contribution in [2.75, 3.05) is 11.9 Å². The third-order valence-electron chi connectivity index (χ3n) is 5.01. The molecule has 1 saturated carbocycles. The maximum absolute atomic E-state index is 13.5. The second-order valence-electron chi connectivity index (χ2n) is 6.36. The predicted molar refractivity (Wildman–Crippen MR) is 78.6 cm³/mol. The summed E-state index contributed by atoms with van der Waals surface area (Å²) in [6.07, 6.45) is 0.780. The Morgan fingerprint density at radius 3 is 2.90 bits per heavy atom. The van der Waals surface area contributed by atoms with Gasteiger partial charge >= 0.3 is 0 Å². The maximum atomic E-state index is 13.5. The van der Waals surface area contributed by atoms with Crippen molar-refractivity contribution in [2.45, 2.75) is 31.9 Å². The Morgan fingerprint density at radius 2 is 2.24 bits per heavy atom. The van der Waals surface area contributed by atoms with Crippen LogP contribution in [0.1, 0.15) is 20.3 Å². The van der Waals surface area contributed by atoms with Gasteiger partial charge in [-0.2, -0.15) is 0 Å². The molecule has 2 fully saturated rings. The molecule has 114 valence electrons. The number of halogens is 2. The van der Waals surface area contributed by atoms with Gasteiger partial charge < -0.3 is 15.8 Å². The summed E-state index contributed by atoms with van der Waals surface area (Å²) in [6.45, 7) is 4.49. The van der Waals surface area contributed by atoms with Crippen molar-refractivity contribution >= 4 is 23.2 Å². The van der Waals surface area contributed by atoms with Crippen LogP contribution in [-0.4, -0.2) is 24.2 Å². The normalized spacial score (nSPS) is 33.2. The topological polar surface area (TPSA) is 64.3 Å². The van der Waals surface area contributed by atoms with E-state index in [4.69, 9.17) is 22.1 Å². The minimum absolute atomic E-state index is 0.00430. The highest BCUT2D eigenvalue weighted by molar-refractivity contribution is 6.30. The van der Waals surface area contributed by atoms with Crippen LogP contribution < -0.4 is 11.1 Å². The van der Waals surface area contributed by atoms with Crippen molar-refractivity contribution in [1.82, 2.24) is 0 Å². The van der Waals surface area contributed by atoms with Crippen molar-refractivity contribution in [3.63, 3.8) is 0 Å². The summed E-state index contributed by atoms with van der Waals surface area (Å²) in [5.74, 6) is -0.874. The van der Waals surface area contributed by atoms with Crippen LogP contribution in [0.2, 0.25) is 5.02 Å². The van der Waals surface area contributed by atoms with Gasteiger partial charge in [0.15, 0.2) is 0 Å². The molecule has 3 unspecified atom stereocenters. The Balaban J connectivity index is 1.83. The molecule has 1 aromatic carbocycles. The van der Waals surface area contributed by atoms with E-state index in [1.165, 1.54) is 12.1 Å². The van der Waals surface area contributed by atoms with E-state index in [0.29, 0.717) is 12.3 Å². The largest absolute Gasteiger partial charge is 0.377 e. The monoisotopic (exact) mass is 312 g/mol. The molecular weight excluding hydrogens is 295 g/mol. The summed E-state index contributed by atoms with van der Waals surface area (Å²) < 4.78 is 19.1. The van der Waals surface area contributed by atoms with Crippen molar-refractivity contribution < 1.29 is 13.9 Å². The lowest BCUT2D eigenvalue weighted by molar-refractivity contribution is -0.170. The number of rotatable bonds is 2. The highest BCUT2D eigenvalue weighted by Crippen LogP contribution is 2.58. The minimum Gasteiger partial charge on any atom is -0.377 e. The standard InChI is InChI=1S/C15H18ClFN2O2/c1-14(2)12-9(5-6-21-12)15(14,18)13(20)19-8-3-4-10(16)11(17)7-8/h3-4,7,9,12H,5-6,18H2,1-2H3,(H,19,20). The molecule has 1 aromatic rings. The second-order valence-corrected chi connectivity index (χ2v) is 6.77. The smallest absolute Gasteiger partial charge is 0.245 e. The molecule has 0 radical (unpaired) electrons.